The zero-order chi connectivity index (χ0) is 20.7. The second-order valence-corrected chi connectivity index (χ2v) is 9.56. The quantitative estimate of drug-likeness (QED) is 0.414. The zero-order valence-corrected chi connectivity index (χ0v) is 18.2. The molecule has 0 unspecified atom stereocenters. The molecule has 0 radical (unpaired) electrons. The lowest BCUT2D eigenvalue weighted by molar-refractivity contribution is 0.319. The second kappa shape index (κ2) is 7.81. The van der Waals surface area contributed by atoms with E-state index in [4.69, 9.17) is 4.42 Å². The van der Waals surface area contributed by atoms with Gasteiger partial charge in [0.05, 0.1) is 5.69 Å². The van der Waals surface area contributed by atoms with Gasteiger partial charge in [-0.3, -0.25) is 0 Å². The molecular weight excluding hydrogens is 401 g/mol. The van der Waals surface area contributed by atoms with Gasteiger partial charge in [0.15, 0.2) is 17.3 Å². The maximum absolute atomic E-state index is 14.1. The van der Waals surface area contributed by atoms with Crippen molar-refractivity contribution in [2.75, 3.05) is 25.4 Å². The first kappa shape index (κ1) is 19.8. The zero-order valence-electron chi connectivity index (χ0n) is 17.3. The van der Waals surface area contributed by atoms with Crippen molar-refractivity contribution in [3.8, 4) is 11.6 Å². The Labute approximate surface area is 179 Å². The van der Waals surface area contributed by atoms with E-state index in [1.807, 2.05) is 30.7 Å². The summed E-state index contributed by atoms with van der Waals surface area (Å²) in [5.41, 5.74) is 2.04. The number of aryl methyl sites for hydroxylation is 1. The highest BCUT2D eigenvalue weighted by molar-refractivity contribution is 7.99. The highest BCUT2D eigenvalue weighted by Crippen LogP contribution is 2.64. The van der Waals surface area contributed by atoms with Crippen LogP contribution in [-0.2, 0) is 7.05 Å². The second-order valence-electron chi connectivity index (χ2n) is 8.50. The molecule has 3 heterocycles. The highest BCUT2D eigenvalue weighted by atomic mass is 32.2. The monoisotopic (exact) mass is 427 g/mol. The maximum atomic E-state index is 14.1. The molecule has 6 nitrogen and oxygen atoms in total. The molecule has 2 aliphatic rings. The van der Waals surface area contributed by atoms with Crippen LogP contribution in [0.25, 0.3) is 11.6 Å². The van der Waals surface area contributed by atoms with Crippen molar-refractivity contribution in [1.29, 1.82) is 0 Å². The summed E-state index contributed by atoms with van der Waals surface area (Å²) in [6, 6.07) is 7.28. The summed E-state index contributed by atoms with van der Waals surface area (Å²) in [5, 5.41) is 9.46. The molecule has 1 saturated carbocycles. The Morgan fingerprint density at radius 1 is 1.30 bits per heavy atom. The third kappa shape index (κ3) is 3.56. The average molecular weight is 428 g/mol. The Morgan fingerprint density at radius 2 is 2.17 bits per heavy atom. The molecule has 1 spiro atoms. The van der Waals surface area contributed by atoms with Gasteiger partial charge >= 0.3 is 0 Å². The van der Waals surface area contributed by atoms with E-state index in [9.17, 15) is 4.39 Å². The Bertz CT molecular complexity index is 1050. The van der Waals surface area contributed by atoms with E-state index in [2.05, 4.69) is 20.1 Å². The molecule has 1 aromatic carbocycles. The summed E-state index contributed by atoms with van der Waals surface area (Å²) < 4.78 is 21.5. The number of thioether (sulfide) groups is 1. The minimum absolute atomic E-state index is 0.0437. The lowest BCUT2D eigenvalue weighted by Gasteiger charge is -2.16. The molecule has 2 fully saturated rings. The van der Waals surface area contributed by atoms with Crippen LogP contribution >= 0.6 is 11.8 Å². The van der Waals surface area contributed by atoms with E-state index in [0.717, 1.165) is 54.6 Å². The van der Waals surface area contributed by atoms with Crippen molar-refractivity contribution in [2.45, 2.75) is 37.3 Å². The van der Waals surface area contributed by atoms with Crippen molar-refractivity contribution < 1.29 is 8.81 Å². The summed E-state index contributed by atoms with van der Waals surface area (Å²) in [6.45, 7) is 5.19. The van der Waals surface area contributed by atoms with Crippen molar-refractivity contribution in [1.82, 2.24) is 24.6 Å². The summed E-state index contributed by atoms with van der Waals surface area (Å²) in [7, 11) is 1.96. The summed E-state index contributed by atoms with van der Waals surface area (Å²) >= 11 is 1.72. The molecule has 1 saturated heterocycles. The van der Waals surface area contributed by atoms with Crippen LogP contribution < -0.4 is 0 Å². The lowest BCUT2D eigenvalue weighted by Crippen LogP contribution is -2.23. The molecule has 2 aromatic heterocycles. The largest absolute Gasteiger partial charge is 0.440 e. The fraction of sp³-hybridized carbons (Fsp3) is 0.500. The minimum atomic E-state index is -0.0437. The smallest absolute Gasteiger partial charge is 0.202 e. The van der Waals surface area contributed by atoms with Crippen LogP contribution in [0.2, 0.25) is 0 Å². The standard InChI is InChI=1S/C22H26FN5OS/c1-15-19(29-14-24-15)20-25-26-21(27(20)2)30-11-5-9-28-10-8-22(13-28)12-17(22)16-6-3-4-7-18(16)23/h3-4,6-7,14,17H,5,8-13H2,1-2H3/t17-,22-/m0/s1. The third-order valence-corrected chi connectivity index (χ3v) is 7.67. The number of oxazole rings is 1. The van der Waals surface area contributed by atoms with E-state index in [1.54, 1.807) is 23.9 Å². The molecule has 2 atom stereocenters. The summed E-state index contributed by atoms with van der Waals surface area (Å²) in [5.74, 6) is 2.73. The fourth-order valence-corrected chi connectivity index (χ4v) is 5.61. The number of rotatable bonds is 7. The van der Waals surface area contributed by atoms with Crippen LogP contribution in [0.1, 0.15) is 36.4 Å². The van der Waals surface area contributed by atoms with Crippen molar-refractivity contribution in [3.05, 3.63) is 47.7 Å². The Balaban J connectivity index is 1.10. The van der Waals surface area contributed by atoms with Crippen molar-refractivity contribution >= 4 is 11.8 Å². The first-order chi connectivity index (χ1) is 14.6. The Hall–Kier alpha value is -2.19. The van der Waals surface area contributed by atoms with Gasteiger partial charge < -0.3 is 13.9 Å². The molecule has 0 amide bonds. The van der Waals surface area contributed by atoms with Gasteiger partial charge in [0.1, 0.15) is 5.82 Å². The van der Waals surface area contributed by atoms with Crippen LogP contribution in [0.5, 0.6) is 0 Å². The minimum Gasteiger partial charge on any atom is -0.440 e. The normalized spacial score (nSPS) is 23.5. The average Bonchev–Trinajstić information content (AvgIpc) is 3.04. The number of aromatic nitrogens is 4. The molecule has 3 aromatic rings. The van der Waals surface area contributed by atoms with E-state index < -0.39 is 0 Å². The topological polar surface area (TPSA) is 60.0 Å². The van der Waals surface area contributed by atoms with Crippen LogP contribution in [-0.4, -0.2) is 50.0 Å². The molecule has 0 N–H and O–H groups in total. The first-order valence-electron chi connectivity index (χ1n) is 10.5. The molecule has 5 rings (SSSR count). The van der Waals surface area contributed by atoms with Gasteiger partial charge in [0.2, 0.25) is 5.82 Å². The van der Waals surface area contributed by atoms with E-state index in [0.29, 0.717) is 22.9 Å². The number of hydrogen-bond acceptors (Lipinski definition) is 6. The summed E-state index contributed by atoms with van der Waals surface area (Å²) in [4.78, 5) is 6.67. The van der Waals surface area contributed by atoms with Crippen LogP contribution in [0.3, 0.4) is 0 Å². The highest BCUT2D eigenvalue weighted by Gasteiger charge is 2.58. The van der Waals surface area contributed by atoms with E-state index in [1.165, 1.54) is 12.8 Å². The number of hydrogen-bond donors (Lipinski definition) is 0. The molecule has 1 aliphatic carbocycles. The fourth-order valence-electron chi connectivity index (χ4n) is 4.78. The van der Waals surface area contributed by atoms with Gasteiger partial charge in [-0.1, -0.05) is 30.0 Å². The SMILES string of the molecule is Cc1ncoc1-c1nnc(SCCCN2CC[C@]3(C[C@H]3c3ccccc3F)C2)n1C. The van der Waals surface area contributed by atoms with Gasteiger partial charge in [-0.05, 0) is 62.2 Å². The molecule has 1 aliphatic heterocycles. The van der Waals surface area contributed by atoms with Crippen molar-refractivity contribution in [2.24, 2.45) is 12.5 Å². The number of likely N-dealkylation sites (tertiary alicyclic amines) is 1. The number of benzene rings is 1. The van der Waals surface area contributed by atoms with E-state index >= 15 is 0 Å². The molecule has 0 bridgehead atoms. The van der Waals surface area contributed by atoms with Crippen LogP contribution in [0, 0.1) is 18.2 Å². The van der Waals surface area contributed by atoms with Crippen LogP contribution in [0.4, 0.5) is 4.39 Å². The Morgan fingerprint density at radius 3 is 2.97 bits per heavy atom. The van der Waals surface area contributed by atoms with Gasteiger partial charge in [-0.25, -0.2) is 9.37 Å². The number of nitrogens with zero attached hydrogens (tertiary/aromatic N) is 5. The predicted octanol–water partition coefficient (Wildman–Crippen LogP) is 4.28. The van der Waals surface area contributed by atoms with Gasteiger partial charge in [0.25, 0.3) is 0 Å². The third-order valence-electron chi connectivity index (χ3n) is 6.57. The van der Waals surface area contributed by atoms with Gasteiger partial charge in [-0.2, -0.15) is 0 Å². The van der Waals surface area contributed by atoms with Gasteiger partial charge in [0, 0.05) is 19.3 Å². The number of halogens is 1. The molecule has 8 heteroatoms. The lowest BCUT2D eigenvalue weighted by atomic mass is 9.98. The predicted molar refractivity (Wildman–Crippen MR) is 114 cm³/mol. The maximum Gasteiger partial charge on any atom is 0.202 e. The summed E-state index contributed by atoms with van der Waals surface area (Å²) in [6.07, 6.45) is 4.84. The molecule has 30 heavy (non-hydrogen) atoms. The van der Waals surface area contributed by atoms with E-state index in [-0.39, 0.29) is 5.82 Å². The molecule has 158 valence electrons. The Kier molecular flexibility index (Phi) is 5.14. The van der Waals surface area contributed by atoms with Gasteiger partial charge in [-0.15, -0.1) is 10.2 Å². The molecular formula is C22H26FN5OS. The first-order valence-corrected chi connectivity index (χ1v) is 11.5. The van der Waals surface area contributed by atoms with Crippen molar-refractivity contribution in [3.63, 3.8) is 0 Å². The van der Waals surface area contributed by atoms with Crippen LogP contribution in [0.15, 0.2) is 40.2 Å².